The molecule has 5 atom stereocenters. The van der Waals surface area contributed by atoms with Crippen LogP contribution in [0.4, 0.5) is 5.82 Å². The van der Waals surface area contributed by atoms with Gasteiger partial charge < -0.3 is 25.8 Å². The molecule has 9 nitrogen and oxygen atoms in total. The number of anilines is 1. The van der Waals surface area contributed by atoms with E-state index < -0.39 is 37.4 Å². The Morgan fingerprint density at radius 3 is 2.73 bits per heavy atom. The Balaban J connectivity index is 2.10. The number of rotatable bonds is 10. The maximum Gasteiger partial charge on any atom is 0.306 e. The summed E-state index contributed by atoms with van der Waals surface area (Å²) in [5.74, 6) is -0.892. The Hall–Kier alpha value is -1.67. The highest BCUT2D eigenvalue weighted by atomic mass is 31.2. The largest absolute Gasteiger partial charge is 0.481 e. The highest BCUT2D eigenvalue weighted by Gasteiger charge is 2.43. The van der Waals surface area contributed by atoms with Gasteiger partial charge in [-0.05, 0) is 44.8 Å². The number of carboxylic acid groups (broad SMARTS) is 1. The molecule has 0 aliphatic carbocycles. The first-order valence-corrected chi connectivity index (χ1v) is 13.3. The van der Waals surface area contributed by atoms with Crippen molar-refractivity contribution in [3.8, 4) is 0 Å². The quantitative estimate of drug-likeness (QED) is 0.312. The molecular formula is C20H35N4O5P. The molecule has 30 heavy (non-hydrogen) atoms. The Morgan fingerprint density at radius 2 is 2.10 bits per heavy atom. The van der Waals surface area contributed by atoms with E-state index in [9.17, 15) is 15.0 Å². The van der Waals surface area contributed by atoms with E-state index in [0.29, 0.717) is 31.4 Å². The van der Waals surface area contributed by atoms with Crippen molar-refractivity contribution in [2.24, 2.45) is 10.9 Å². The molecule has 1 aliphatic heterocycles. The van der Waals surface area contributed by atoms with Gasteiger partial charge in [0.2, 0.25) is 5.62 Å². The third kappa shape index (κ3) is 6.94. The van der Waals surface area contributed by atoms with Crippen molar-refractivity contribution in [3.63, 3.8) is 0 Å². The number of unbranched alkanes of at least 4 members (excludes halogenated alkanes) is 1. The van der Waals surface area contributed by atoms with Crippen LogP contribution in [0.2, 0.25) is 0 Å². The Labute approximate surface area is 177 Å². The second kappa shape index (κ2) is 10.6. The van der Waals surface area contributed by atoms with Gasteiger partial charge >= 0.3 is 5.97 Å². The van der Waals surface area contributed by atoms with E-state index in [1.54, 1.807) is 23.8 Å². The first-order valence-electron chi connectivity index (χ1n) is 10.3. The molecule has 10 heteroatoms. The minimum atomic E-state index is -1.27. The minimum Gasteiger partial charge on any atom is -0.481 e. The number of nitrogens with zero attached hydrogens (tertiary/aromatic N) is 3. The molecule has 1 aromatic heterocycles. The molecule has 3 unspecified atom stereocenters. The van der Waals surface area contributed by atoms with Crippen LogP contribution in [0, 0.1) is 5.92 Å². The van der Waals surface area contributed by atoms with Crippen molar-refractivity contribution in [1.29, 1.82) is 0 Å². The number of aliphatic hydroxyl groups is 2. The Morgan fingerprint density at radius 1 is 1.40 bits per heavy atom. The lowest BCUT2D eigenvalue weighted by atomic mass is 10.0. The summed E-state index contributed by atoms with van der Waals surface area (Å²) in [6.45, 7) is 5.10. The molecule has 0 spiro atoms. The summed E-state index contributed by atoms with van der Waals surface area (Å²) in [6, 6.07) is 1.59. The van der Waals surface area contributed by atoms with Crippen LogP contribution in [0.5, 0.6) is 0 Å². The van der Waals surface area contributed by atoms with E-state index in [2.05, 4.69) is 29.6 Å². The molecule has 1 fully saturated rings. The maximum atomic E-state index is 10.9. The summed E-state index contributed by atoms with van der Waals surface area (Å²) in [6.07, 6.45) is 5.91. The molecule has 1 aliphatic rings. The molecule has 2 heterocycles. The van der Waals surface area contributed by atoms with Gasteiger partial charge in [0.25, 0.3) is 0 Å². The van der Waals surface area contributed by atoms with Crippen LogP contribution in [0.3, 0.4) is 0 Å². The highest BCUT2D eigenvalue weighted by Crippen LogP contribution is 2.39. The summed E-state index contributed by atoms with van der Waals surface area (Å²) in [4.78, 5) is 19.6. The third-order valence-corrected chi connectivity index (χ3v) is 6.69. The molecule has 1 aromatic rings. The lowest BCUT2D eigenvalue weighted by Gasteiger charge is -2.19. The van der Waals surface area contributed by atoms with Crippen molar-refractivity contribution in [3.05, 3.63) is 17.9 Å². The number of aliphatic hydroxyl groups excluding tert-OH is 2. The van der Waals surface area contributed by atoms with Gasteiger partial charge in [-0.1, -0.05) is 13.3 Å². The van der Waals surface area contributed by atoms with Gasteiger partial charge in [0.05, 0.1) is 12.0 Å². The molecule has 0 saturated carbocycles. The molecule has 170 valence electrons. The number of aromatic nitrogens is 2. The van der Waals surface area contributed by atoms with Gasteiger partial charge in [0.1, 0.15) is 18.0 Å². The SMILES string of the molecule is C=P(C)(C)CCC1OC(n2ccc(N)nc2=NCCCCC(C)C(=O)O)[C@H](O)[C@@H]1O. The van der Waals surface area contributed by atoms with Crippen LogP contribution in [0.25, 0.3) is 0 Å². The van der Waals surface area contributed by atoms with Gasteiger partial charge in [-0.25, -0.2) is 0 Å². The number of carbonyl (C=O) groups is 1. The molecule has 5 N–H and O–H groups in total. The fourth-order valence-corrected chi connectivity index (χ4v) is 4.24. The van der Waals surface area contributed by atoms with E-state index >= 15 is 0 Å². The van der Waals surface area contributed by atoms with Crippen LogP contribution < -0.4 is 11.4 Å². The molecule has 1 saturated heterocycles. The third-order valence-electron chi connectivity index (χ3n) is 5.22. The molecule has 0 aromatic carbocycles. The number of carboxylic acids is 1. The number of aliphatic carboxylic acids is 1. The number of hydrogen-bond donors (Lipinski definition) is 4. The molecule has 0 radical (unpaired) electrons. The van der Waals surface area contributed by atoms with Crippen LogP contribution in [-0.2, 0) is 9.53 Å². The van der Waals surface area contributed by atoms with E-state index in [1.165, 1.54) is 0 Å². The Bertz CT molecular complexity index is 837. The fourth-order valence-electron chi connectivity index (χ4n) is 3.29. The number of nitrogens with two attached hydrogens (primary N) is 1. The lowest BCUT2D eigenvalue weighted by Crippen LogP contribution is -2.36. The summed E-state index contributed by atoms with van der Waals surface area (Å²) in [5, 5.41) is 30.0. The molecular weight excluding hydrogens is 407 g/mol. The smallest absolute Gasteiger partial charge is 0.306 e. The second-order valence-corrected chi connectivity index (χ2v) is 13.0. The predicted octanol–water partition coefficient (Wildman–Crippen LogP) is 0.976. The first-order chi connectivity index (χ1) is 14.0. The van der Waals surface area contributed by atoms with Crippen LogP contribution in [-0.4, -0.2) is 81.5 Å². The normalized spacial score (nSPS) is 26.1. The maximum absolute atomic E-state index is 10.9. The standard InChI is InChI=1S/C20H35N4O5P/c1-13(19(27)28)7-5-6-10-22-20-23-15(21)8-11-24(20)18-17(26)16(25)14(29-18)9-12-30(2,3)4/h8,11,13-14,16-18,25-26H,2,5-7,9-10,12H2,1,3-4H3,(H,27,28)(H2,21,22,23)/t13?,14?,16-,17-,18?/m1/s1. The second-order valence-electron chi connectivity index (χ2n) is 8.67. The molecule has 2 rings (SSSR count). The van der Waals surface area contributed by atoms with E-state index in [0.717, 1.165) is 12.6 Å². The number of nitrogen functional groups attached to an aromatic ring is 1. The monoisotopic (exact) mass is 442 g/mol. The summed E-state index contributed by atoms with van der Waals surface area (Å²) < 4.78 is 7.57. The summed E-state index contributed by atoms with van der Waals surface area (Å²) >= 11 is 0. The zero-order valence-electron chi connectivity index (χ0n) is 18.0. The minimum absolute atomic E-state index is 0.290. The van der Waals surface area contributed by atoms with Gasteiger partial charge in [0, 0.05) is 12.7 Å². The van der Waals surface area contributed by atoms with Crippen LogP contribution in [0.15, 0.2) is 17.3 Å². The van der Waals surface area contributed by atoms with E-state index in [1.807, 2.05) is 0 Å². The van der Waals surface area contributed by atoms with Crippen molar-refractivity contribution < 1.29 is 24.9 Å². The van der Waals surface area contributed by atoms with Crippen molar-refractivity contribution in [2.45, 2.75) is 57.1 Å². The van der Waals surface area contributed by atoms with E-state index in [4.69, 9.17) is 15.6 Å². The van der Waals surface area contributed by atoms with Crippen LogP contribution in [0.1, 0.15) is 38.8 Å². The van der Waals surface area contributed by atoms with Crippen LogP contribution >= 0.6 is 6.89 Å². The van der Waals surface area contributed by atoms with Gasteiger partial charge in [-0.3, -0.25) is 14.4 Å². The van der Waals surface area contributed by atoms with E-state index in [-0.39, 0.29) is 11.7 Å². The highest BCUT2D eigenvalue weighted by molar-refractivity contribution is 7.72. The zero-order chi connectivity index (χ0) is 22.5. The van der Waals surface area contributed by atoms with Gasteiger partial charge in [0.15, 0.2) is 6.23 Å². The van der Waals surface area contributed by atoms with Crippen molar-refractivity contribution in [2.75, 3.05) is 31.8 Å². The average molecular weight is 442 g/mol. The van der Waals surface area contributed by atoms with Gasteiger partial charge in [-0.15, -0.1) is 13.2 Å². The topological polar surface area (TPSA) is 143 Å². The van der Waals surface area contributed by atoms with Gasteiger partial charge in [-0.2, -0.15) is 4.98 Å². The van der Waals surface area contributed by atoms with Crippen molar-refractivity contribution >= 4 is 25.0 Å². The average Bonchev–Trinajstić information content (AvgIpc) is 2.93. The summed E-state index contributed by atoms with van der Waals surface area (Å²) in [5.41, 5.74) is 6.12. The predicted molar refractivity (Wildman–Crippen MR) is 119 cm³/mol. The molecule has 0 bridgehead atoms. The molecule has 0 amide bonds. The zero-order valence-corrected chi connectivity index (χ0v) is 18.9. The Kier molecular flexibility index (Phi) is 8.67. The lowest BCUT2D eigenvalue weighted by molar-refractivity contribution is -0.141. The fraction of sp³-hybridized carbons (Fsp3) is 0.700. The van der Waals surface area contributed by atoms with Crippen molar-refractivity contribution in [1.82, 2.24) is 9.55 Å². The number of hydrogen-bond acceptors (Lipinski definition) is 7. The number of ether oxygens (including phenoxy) is 1. The summed E-state index contributed by atoms with van der Waals surface area (Å²) in [7, 11) is 0. The first kappa shape index (κ1) is 24.6.